The molecule has 1 aliphatic carbocycles. The van der Waals surface area contributed by atoms with Gasteiger partial charge in [0.05, 0.1) is 0 Å². The molecule has 10 heteroatoms. The first-order chi connectivity index (χ1) is 21.4. The van der Waals surface area contributed by atoms with E-state index in [4.69, 9.17) is 23.2 Å². The summed E-state index contributed by atoms with van der Waals surface area (Å²) in [4.78, 5) is 1.27. The number of hydrogen-bond acceptors (Lipinski definition) is 2. The van der Waals surface area contributed by atoms with E-state index in [0.717, 1.165) is 28.2 Å². The van der Waals surface area contributed by atoms with Gasteiger partial charge in [-0.25, -0.2) is 0 Å². The van der Waals surface area contributed by atoms with Crippen LogP contribution in [0.1, 0.15) is 42.3 Å². The summed E-state index contributed by atoms with van der Waals surface area (Å²) in [6.07, 6.45) is 0. The lowest BCUT2D eigenvalue weighted by molar-refractivity contribution is -0.254. The number of rotatable bonds is 5. The highest BCUT2D eigenvalue weighted by molar-refractivity contribution is 7.19. The van der Waals surface area contributed by atoms with Crippen LogP contribution < -0.4 is 0 Å². The molecule has 0 fully saturated rings. The number of aryl methyl sites for hydroxylation is 1. The van der Waals surface area contributed by atoms with Crippen molar-refractivity contribution in [2.75, 3.05) is 0 Å². The molecular weight excluding hydrogens is 681 g/mol. The lowest BCUT2D eigenvalue weighted by atomic mass is 9.86. The maximum absolute atomic E-state index is 16.1. The molecule has 5 aromatic rings. The monoisotopic (exact) mass is 706 g/mol. The van der Waals surface area contributed by atoms with Crippen molar-refractivity contribution in [3.8, 4) is 31.3 Å². The Hall–Kier alpha value is -3.04. The fourth-order valence-corrected chi connectivity index (χ4v) is 8.05. The molecule has 0 N–H and O–H groups in total. The molecular formula is C36H26Cl2F6S2. The number of halogens is 8. The molecule has 0 unspecified atom stereocenters. The molecule has 0 bridgehead atoms. The number of alkyl halides is 6. The minimum Gasteiger partial charge on any atom is -0.194 e. The summed E-state index contributed by atoms with van der Waals surface area (Å²) < 4.78 is 94.8. The van der Waals surface area contributed by atoms with Gasteiger partial charge in [0.15, 0.2) is 0 Å². The van der Waals surface area contributed by atoms with E-state index in [-0.39, 0.29) is 26.3 Å². The van der Waals surface area contributed by atoms with Crippen LogP contribution in [-0.2, 0) is 5.41 Å². The molecule has 0 aliphatic heterocycles. The van der Waals surface area contributed by atoms with Gasteiger partial charge in [-0.1, -0.05) is 92.5 Å². The van der Waals surface area contributed by atoms with Gasteiger partial charge in [0.25, 0.3) is 0 Å². The maximum atomic E-state index is 16.1. The Morgan fingerprint density at radius 3 is 1.46 bits per heavy atom. The molecule has 0 amide bonds. The van der Waals surface area contributed by atoms with Crippen LogP contribution in [0.25, 0.3) is 42.5 Å². The number of benzene rings is 3. The Kier molecular flexibility index (Phi) is 8.07. The van der Waals surface area contributed by atoms with Crippen LogP contribution in [0.5, 0.6) is 0 Å². The van der Waals surface area contributed by atoms with Gasteiger partial charge in [-0.05, 0) is 76.6 Å². The van der Waals surface area contributed by atoms with Crippen molar-refractivity contribution < 1.29 is 26.3 Å². The highest BCUT2D eigenvalue weighted by Gasteiger charge is 2.80. The first-order valence-electron chi connectivity index (χ1n) is 14.2. The van der Waals surface area contributed by atoms with Crippen LogP contribution in [0.15, 0.2) is 84.9 Å². The highest BCUT2D eigenvalue weighted by atomic mass is 35.5. The van der Waals surface area contributed by atoms with Crippen molar-refractivity contribution in [1.82, 2.24) is 0 Å². The minimum absolute atomic E-state index is 0.178. The molecule has 2 aromatic heterocycles. The normalized spacial score (nSPS) is 17.1. The Bertz CT molecular complexity index is 1960. The summed E-state index contributed by atoms with van der Waals surface area (Å²) >= 11 is 14.2. The van der Waals surface area contributed by atoms with Gasteiger partial charge in [0, 0.05) is 46.3 Å². The average molecular weight is 708 g/mol. The van der Waals surface area contributed by atoms with Crippen LogP contribution in [0.4, 0.5) is 26.3 Å². The largest absolute Gasteiger partial charge is 0.380 e. The smallest absolute Gasteiger partial charge is 0.194 e. The lowest BCUT2D eigenvalue weighted by Gasteiger charge is -2.26. The van der Waals surface area contributed by atoms with Crippen molar-refractivity contribution >= 4 is 57.0 Å². The van der Waals surface area contributed by atoms with E-state index < -0.39 is 28.9 Å². The molecule has 238 valence electrons. The quantitative estimate of drug-likeness (QED) is 0.160. The SMILES string of the molecule is Cc1sc(-c2ccc(Cl)cc2)cc1C1=C(c2cc(-c3ccc(Cl)cc3)sc2-c2ccc(C(C)(C)C)cc2)C(F)(F)C(F)(F)C1(F)F. The third kappa shape index (κ3) is 5.31. The van der Waals surface area contributed by atoms with E-state index in [1.54, 1.807) is 60.7 Å². The molecule has 3 aromatic carbocycles. The van der Waals surface area contributed by atoms with Gasteiger partial charge in [-0.2, -0.15) is 26.3 Å². The fourth-order valence-electron chi connectivity index (χ4n) is 5.59. The first-order valence-corrected chi connectivity index (χ1v) is 16.6. The standard InChI is InChI=1S/C36H26Cl2F6S2/c1-19-26(17-28(45-19)20-7-13-24(37)14-8-20)30-31(35(41,42)36(43,44)34(30,39)40)27-18-29(21-9-15-25(38)16-10-21)46-32(27)22-5-11-23(12-6-22)33(2,3)4/h5-18H,1-4H3. The zero-order valence-corrected chi connectivity index (χ0v) is 28.1. The number of hydrogen-bond donors (Lipinski definition) is 0. The molecule has 6 rings (SSSR count). The van der Waals surface area contributed by atoms with Crippen molar-refractivity contribution in [2.45, 2.75) is 50.9 Å². The predicted molar refractivity (Wildman–Crippen MR) is 180 cm³/mol. The van der Waals surface area contributed by atoms with Gasteiger partial charge in [0.2, 0.25) is 0 Å². The number of thiophene rings is 2. The summed E-state index contributed by atoms with van der Waals surface area (Å²) in [5.74, 6) is -16.1. The molecule has 0 saturated carbocycles. The molecule has 1 aliphatic rings. The predicted octanol–water partition coefficient (Wildman–Crippen LogP) is 13.6. The molecule has 46 heavy (non-hydrogen) atoms. The Balaban J connectivity index is 1.65. The Morgan fingerprint density at radius 2 is 0.978 bits per heavy atom. The van der Waals surface area contributed by atoms with Gasteiger partial charge in [0.1, 0.15) is 0 Å². The van der Waals surface area contributed by atoms with Gasteiger partial charge in [-0.15, -0.1) is 22.7 Å². The third-order valence-corrected chi connectivity index (χ3v) is 11.0. The van der Waals surface area contributed by atoms with E-state index in [9.17, 15) is 0 Å². The van der Waals surface area contributed by atoms with Crippen molar-refractivity contribution in [2.24, 2.45) is 0 Å². The summed E-state index contributed by atoms with van der Waals surface area (Å²) in [5.41, 5.74) is -1.12. The topological polar surface area (TPSA) is 0 Å². The van der Waals surface area contributed by atoms with Crippen LogP contribution in [0.2, 0.25) is 10.0 Å². The molecule has 0 radical (unpaired) electrons. The van der Waals surface area contributed by atoms with Crippen LogP contribution in [0, 0.1) is 6.92 Å². The van der Waals surface area contributed by atoms with Crippen molar-refractivity contribution in [3.05, 3.63) is 117 Å². The summed E-state index contributed by atoms with van der Waals surface area (Å²) in [5, 5.41) is 0.885. The zero-order chi connectivity index (χ0) is 33.4. The summed E-state index contributed by atoms with van der Waals surface area (Å²) in [7, 11) is 0. The molecule has 0 nitrogen and oxygen atoms in total. The Morgan fingerprint density at radius 1 is 0.565 bits per heavy atom. The van der Waals surface area contributed by atoms with Crippen LogP contribution in [-0.4, -0.2) is 17.8 Å². The van der Waals surface area contributed by atoms with Crippen LogP contribution in [0.3, 0.4) is 0 Å². The molecule has 0 spiro atoms. The third-order valence-electron chi connectivity index (χ3n) is 8.13. The molecule has 2 heterocycles. The van der Waals surface area contributed by atoms with Crippen molar-refractivity contribution in [1.29, 1.82) is 0 Å². The van der Waals surface area contributed by atoms with E-state index in [1.807, 2.05) is 32.9 Å². The average Bonchev–Trinajstić information content (AvgIpc) is 3.61. The van der Waals surface area contributed by atoms with E-state index in [2.05, 4.69) is 0 Å². The first kappa shape index (κ1) is 32.9. The molecule has 0 saturated heterocycles. The van der Waals surface area contributed by atoms with Gasteiger partial charge >= 0.3 is 17.8 Å². The van der Waals surface area contributed by atoms with E-state index in [0.29, 0.717) is 36.5 Å². The maximum Gasteiger partial charge on any atom is 0.380 e. The molecule has 0 atom stereocenters. The minimum atomic E-state index is -5.69. The van der Waals surface area contributed by atoms with Crippen molar-refractivity contribution in [3.63, 3.8) is 0 Å². The second-order valence-corrected chi connectivity index (χ2v) is 15.4. The highest BCUT2D eigenvalue weighted by Crippen LogP contribution is 2.66. The fraction of sp³-hybridized carbons (Fsp3) is 0.222. The van der Waals surface area contributed by atoms with Gasteiger partial charge in [-0.3, -0.25) is 0 Å². The second kappa shape index (κ2) is 11.3. The van der Waals surface area contributed by atoms with Gasteiger partial charge < -0.3 is 0 Å². The van der Waals surface area contributed by atoms with E-state index in [1.165, 1.54) is 19.1 Å². The lowest BCUT2D eigenvalue weighted by Crippen LogP contribution is -2.48. The summed E-state index contributed by atoms with van der Waals surface area (Å²) in [6, 6.07) is 22.7. The summed E-state index contributed by atoms with van der Waals surface area (Å²) in [6.45, 7) is 7.50. The second-order valence-electron chi connectivity index (χ2n) is 12.2. The van der Waals surface area contributed by atoms with Crippen LogP contribution >= 0.6 is 45.9 Å². The number of allylic oxidation sites excluding steroid dienone is 2. The zero-order valence-electron chi connectivity index (χ0n) is 24.9. The Labute approximate surface area is 280 Å². The van der Waals surface area contributed by atoms with E-state index >= 15 is 26.3 Å².